The van der Waals surface area contributed by atoms with Crippen molar-refractivity contribution in [2.24, 2.45) is 0 Å². The summed E-state index contributed by atoms with van der Waals surface area (Å²) in [6.07, 6.45) is 2.49. The molecule has 0 fully saturated rings. The van der Waals surface area contributed by atoms with Gasteiger partial charge in [-0.15, -0.1) is 6.58 Å². The van der Waals surface area contributed by atoms with Gasteiger partial charge in [0.1, 0.15) is 11.5 Å². The number of rotatable bonds is 6. The minimum absolute atomic E-state index is 0.136. The molecule has 0 aromatic heterocycles. The van der Waals surface area contributed by atoms with Crippen LogP contribution in [0.1, 0.15) is 16.7 Å². The van der Waals surface area contributed by atoms with Crippen LogP contribution >= 0.6 is 15.9 Å². The Balaban J connectivity index is 2.03. The number of hydrogen-bond acceptors (Lipinski definition) is 3. The number of carbonyl (C=O) groups excluding carboxylic acids is 1. The van der Waals surface area contributed by atoms with Gasteiger partial charge in [-0.25, -0.2) is 4.79 Å². The van der Waals surface area contributed by atoms with Crippen LogP contribution in [0.4, 0.5) is 0 Å². The number of allylic oxidation sites excluding steroid dienone is 1. The Bertz CT molecular complexity index is 699. The monoisotopic (exact) mass is 374 g/mol. The van der Waals surface area contributed by atoms with Gasteiger partial charge in [-0.05, 0) is 55.2 Å². The van der Waals surface area contributed by atoms with Crippen LogP contribution in [-0.4, -0.2) is 12.6 Å². The lowest BCUT2D eigenvalue weighted by molar-refractivity contribution is -0.136. The highest BCUT2D eigenvalue weighted by molar-refractivity contribution is 9.10. The maximum atomic E-state index is 12.1. The molecule has 0 saturated heterocycles. The number of para-hydroxylation sites is 1. The fraction of sp³-hybridized carbons (Fsp3) is 0.211. The first kappa shape index (κ1) is 17.3. The number of esters is 1. The summed E-state index contributed by atoms with van der Waals surface area (Å²) in [6.45, 7) is 7.39. The van der Waals surface area contributed by atoms with Crippen molar-refractivity contribution in [3.63, 3.8) is 0 Å². The molecular weight excluding hydrogens is 356 g/mol. The van der Waals surface area contributed by atoms with Crippen molar-refractivity contribution in [2.45, 2.75) is 20.3 Å². The summed E-state index contributed by atoms with van der Waals surface area (Å²) < 4.78 is 12.0. The first-order valence-electron chi connectivity index (χ1n) is 7.30. The van der Waals surface area contributed by atoms with Gasteiger partial charge < -0.3 is 9.47 Å². The van der Waals surface area contributed by atoms with Gasteiger partial charge in [0.05, 0.1) is 0 Å². The number of benzene rings is 2. The van der Waals surface area contributed by atoms with E-state index in [0.717, 1.165) is 21.2 Å². The summed E-state index contributed by atoms with van der Waals surface area (Å²) in [6, 6.07) is 11.4. The number of ether oxygens (including phenoxy) is 2. The smallest absolute Gasteiger partial charge is 0.349 e. The van der Waals surface area contributed by atoms with E-state index < -0.39 is 5.97 Å². The molecule has 4 heteroatoms. The molecule has 0 atom stereocenters. The molecule has 0 aliphatic carbocycles. The number of carbonyl (C=O) groups is 1. The SMILES string of the molecule is C=CCc1ccccc1OCC(=O)Oc1c(C)cc(Br)cc1C. The van der Waals surface area contributed by atoms with Crippen LogP contribution in [0.15, 0.2) is 53.5 Å². The molecule has 3 nitrogen and oxygen atoms in total. The summed E-state index contributed by atoms with van der Waals surface area (Å²) in [5.74, 6) is 0.835. The van der Waals surface area contributed by atoms with Crippen molar-refractivity contribution in [3.05, 3.63) is 70.2 Å². The number of aryl methyl sites for hydroxylation is 2. The Morgan fingerprint density at radius 2 is 1.87 bits per heavy atom. The quantitative estimate of drug-likeness (QED) is 0.414. The Kier molecular flexibility index (Phi) is 5.99. The molecular formula is C19H19BrO3. The number of halogens is 1. The largest absolute Gasteiger partial charge is 0.482 e. The molecule has 23 heavy (non-hydrogen) atoms. The van der Waals surface area contributed by atoms with Crippen molar-refractivity contribution >= 4 is 21.9 Å². The highest BCUT2D eigenvalue weighted by Gasteiger charge is 2.12. The van der Waals surface area contributed by atoms with Crippen LogP contribution in [0, 0.1) is 13.8 Å². The van der Waals surface area contributed by atoms with Gasteiger partial charge in [-0.2, -0.15) is 0 Å². The molecule has 0 amide bonds. The Morgan fingerprint density at radius 3 is 2.52 bits per heavy atom. The topological polar surface area (TPSA) is 35.5 Å². The second-order valence-corrected chi connectivity index (χ2v) is 6.15. The predicted molar refractivity (Wildman–Crippen MR) is 95.1 cm³/mol. The summed E-state index contributed by atoms with van der Waals surface area (Å²) >= 11 is 3.42. The van der Waals surface area contributed by atoms with E-state index in [1.54, 1.807) is 6.08 Å². The molecule has 0 aliphatic rings. The van der Waals surface area contributed by atoms with Crippen LogP contribution in [0.5, 0.6) is 11.5 Å². The molecule has 0 heterocycles. The average molecular weight is 375 g/mol. The maximum Gasteiger partial charge on any atom is 0.349 e. The first-order chi connectivity index (χ1) is 11.0. The zero-order valence-corrected chi connectivity index (χ0v) is 14.9. The molecule has 2 rings (SSSR count). The minimum Gasteiger partial charge on any atom is -0.482 e. The highest BCUT2D eigenvalue weighted by atomic mass is 79.9. The lowest BCUT2D eigenvalue weighted by atomic mass is 10.1. The van der Waals surface area contributed by atoms with Crippen LogP contribution in [-0.2, 0) is 11.2 Å². The number of hydrogen-bond donors (Lipinski definition) is 0. The summed E-state index contributed by atoms with van der Waals surface area (Å²) in [4.78, 5) is 12.1. The molecule has 120 valence electrons. The second-order valence-electron chi connectivity index (χ2n) is 5.23. The average Bonchev–Trinajstić information content (AvgIpc) is 2.50. The zero-order chi connectivity index (χ0) is 16.8. The van der Waals surface area contributed by atoms with Gasteiger partial charge in [0.2, 0.25) is 0 Å². The Hall–Kier alpha value is -2.07. The van der Waals surface area contributed by atoms with E-state index in [1.165, 1.54) is 0 Å². The standard InChI is InChI=1S/C19H19BrO3/c1-4-7-15-8-5-6-9-17(15)22-12-18(21)23-19-13(2)10-16(20)11-14(19)3/h4-6,8-11H,1,7,12H2,2-3H3. The molecule has 2 aromatic rings. The van der Waals surface area contributed by atoms with Crippen molar-refractivity contribution < 1.29 is 14.3 Å². The van der Waals surface area contributed by atoms with Crippen LogP contribution < -0.4 is 9.47 Å². The molecule has 0 bridgehead atoms. The summed E-state index contributed by atoms with van der Waals surface area (Å²) in [5.41, 5.74) is 2.79. The maximum absolute atomic E-state index is 12.1. The lowest BCUT2D eigenvalue weighted by Gasteiger charge is -2.13. The van der Waals surface area contributed by atoms with Crippen LogP contribution in [0.3, 0.4) is 0 Å². The third-order valence-electron chi connectivity index (χ3n) is 3.32. The van der Waals surface area contributed by atoms with Gasteiger partial charge in [0.25, 0.3) is 0 Å². The fourth-order valence-electron chi connectivity index (χ4n) is 2.31. The predicted octanol–water partition coefficient (Wildman–Crippen LogP) is 4.78. The molecule has 2 aromatic carbocycles. The third-order valence-corrected chi connectivity index (χ3v) is 3.78. The molecule has 0 aliphatic heterocycles. The van der Waals surface area contributed by atoms with E-state index in [9.17, 15) is 4.79 Å². The van der Waals surface area contributed by atoms with Crippen molar-refractivity contribution in [3.8, 4) is 11.5 Å². The van der Waals surface area contributed by atoms with Gasteiger partial charge in [-0.1, -0.05) is 40.2 Å². The van der Waals surface area contributed by atoms with Gasteiger partial charge in [0.15, 0.2) is 6.61 Å². The first-order valence-corrected chi connectivity index (χ1v) is 8.09. The van der Waals surface area contributed by atoms with Gasteiger partial charge >= 0.3 is 5.97 Å². The molecule has 0 radical (unpaired) electrons. The Labute approximate surface area is 145 Å². The Morgan fingerprint density at radius 1 is 1.22 bits per heavy atom. The fourth-order valence-corrected chi connectivity index (χ4v) is 2.99. The second kappa shape index (κ2) is 7.97. The minimum atomic E-state index is -0.424. The molecule has 0 unspecified atom stereocenters. The van der Waals surface area contributed by atoms with Crippen LogP contribution in [0.2, 0.25) is 0 Å². The van der Waals surface area contributed by atoms with Crippen molar-refractivity contribution in [1.82, 2.24) is 0 Å². The van der Waals surface area contributed by atoms with Crippen LogP contribution in [0.25, 0.3) is 0 Å². The van der Waals surface area contributed by atoms with E-state index in [-0.39, 0.29) is 6.61 Å². The molecule has 0 saturated carbocycles. The van der Waals surface area contributed by atoms with E-state index in [1.807, 2.05) is 50.2 Å². The van der Waals surface area contributed by atoms with E-state index in [0.29, 0.717) is 17.9 Å². The highest BCUT2D eigenvalue weighted by Crippen LogP contribution is 2.27. The van der Waals surface area contributed by atoms with E-state index in [4.69, 9.17) is 9.47 Å². The molecule has 0 spiro atoms. The van der Waals surface area contributed by atoms with Gasteiger partial charge in [-0.3, -0.25) is 0 Å². The molecule has 0 N–H and O–H groups in total. The summed E-state index contributed by atoms with van der Waals surface area (Å²) in [5, 5.41) is 0. The zero-order valence-electron chi connectivity index (χ0n) is 13.3. The third kappa shape index (κ3) is 4.70. The normalized spacial score (nSPS) is 10.2. The van der Waals surface area contributed by atoms with E-state index in [2.05, 4.69) is 22.5 Å². The lowest BCUT2D eigenvalue weighted by Crippen LogP contribution is -2.19. The van der Waals surface area contributed by atoms with Crippen molar-refractivity contribution in [1.29, 1.82) is 0 Å². The van der Waals surface area contributed by atoms with Crippen molar-refractivity contribution in [2.75, 3.05) is 6.61 Å². The van der Waals surface area contributed by atoms with Gasteiger partial charge in [0, 0.05) is 4.47 Å². The summed E-state index contributed by atoms with van der Waals surface area (Å²) in [7, 11) is 0. The van der Waals surface area contributed by atoms with E-state index >= 15 is 0 Å².